The van der Waals surface area contributed by atoms with Crippen molar-refractivity contribution in [3.05, 3.63) is 22.9 Å². The molecular weight excluding hydrogens is 222 g/mol. The van der Waals surface area contributed by atoms with Gasteiger partial charge in [0.2, 0.25) is 0 Å². The van der Waals surface area contributed by atoms with E-state index in [0.717, 1.165) is 31.0 Å². The van der Waals surface area contributed by atoms with E-state index in [2.05, 4.69) is 50.9 Å². The van der Waals surface area contributed by atoms with Gasteiger partial charge in [0.05, 0.1) is 0 Å². The maximum absolute atomic E-state index is 4.78. The second kappa shape index (κ2) is 6.74. The fourth-order valence-corrected chi connectivity index (χ4v) is 2.33. The third kappa shape index (κ3) is 3.45. The van der Waals surface area contributed by atoms with Crippen LogP contribution in [0.4, 0.5) is 5.82 Å². The van der Waals surface area contributed by atoms with Crippen molar-refractivity contribution in [1.29, 1.82) is 0 Å². The van der Waals surface area contributed by atoms with Crippen molar-refractivity contribution in [3.8, 4) is 0 Å². The van der Waals surface area contributed by atoms with Crippen molar-refractivity contribution in [3.63, 3.8) is 0 Å². The lowest BCUT2D eigenvalue weighted by Crippen LogP contribution is -2.34. The van der Waals surface area contributed by atoms with Crippen molar-refractivity contribution in [2.75, 3.05) is 18.5 Å². The molecule has 0 saturated carbocycles. The highest BCUT2D eigenvalue weighted by Gasteiger charge is 2.17. The molecule has 0 amide bonds. The molecule has 0 bridgehead atoms. The van der Waals surface area contributed by atoms with E-state index in [1.165, 1.54) is 11.1 Å². The zero-order valence-electron chi connectivity index (χ0n) is 12.7. The average Bonchev–Trinajstić information content (AvgIpc) is 2.29. The second-order valence-electron chi connectivity index (χ2n) is 5.20. The summed E-state index contributed by atoms with van der Waals surface area (Å²) in [6.07, 6.45) is 1.14. The molecule has 18 heavy (non-hydrogen) atoms. The highest BCUT2D eigenvalue weighted by molar-refractivity contribution is 5.52. The van der Waals surface area contributed by atoms with E-state index in [4.69, 9.17) is 4.98 Å². The maximum Gasteiger partial charge on any atom is 0.133 e. The van der Waals surface area contributed by atoms with E-state index in [-0.39, 0.29) is 0 Å². The molecule has 0 aromatic carbocycles. The Balaban J connectivity index is 3.25. The Bertz CT molecular complexity index is 386. The summed E-state index contributed by atoms with van der Waals surface area (Å²) in [5, 5.41) is 3.25. The molecule has 3 heteroatoms. The third-order valence-electron chi connectivity index (χ3n) is 3.17. The number of anilines is 1. The van der Waals surface area contributed by atoms with Crippen molar-refractivity contribution >= 4 is 5.82 Å². The Morgan fingerprint density at radius 1 is 1.33 bits per heavy atom. The zero-order chi connectivity index (χ0) is 13.7. The topological polar surface area (TPSA) is 28.2 Å². The van der Waals surface area contributed by atoms with Crippen LogP contribution in [0, 0.1) is 13.8 Å². The van der Waals surface area contributed by atoms with Crippen LogP contribution in [0.25, 0.3) is 0 Å². The van der Waals surface area contributed by atoms with Crippen LogP contribution in [0.1, 0.15) is 44.0 Å². The van der Waals surface area contributed by atoms with Gasteiger partial charge < -0.3 is 10.2 Å². The standard InChI is InChI=1S/C15H27N3/c1-7-8-18(11(2)3)15-14(10-16-6)12(4)9-13(5)17-15/h9,11,16H,7-8,10H2,1-6H3. The van der Waals surface area contributed by atoms with E-state index in [9.17, 15) is 0 Å². The molecular formula is C15H27N3. The molecule has 0 spiro atoms. The summed E-state index contributed by atoms with van der Waals surface area (Å²) >= 11 is 0. The van der Waals surface area contributed by atoms with Crippen LogP contribution in [0.2, 0.25) is 0 Å². The Morgan fingerprint density at radius 2 is 2.00 bits per heavy atom. The van der Waals surface area contributed by atoms with Crippen LogP contribution in [-0.2, 0) is 6.54 Å². The van der Waals surface area contributed by atoms with Crippen molar-refractivity contribution in [2.45, 2.75) is 53.6 Å². The van der Waals surface area contributed by atoms with Crippen molar-refractivity contribution < 1.29 is 0 Å². The molecule has 1 aromatic rings. The van der Waals surface area contributed by atoms with Gasteiger partial charge >= 0.3 is 0 Å². The number of aromatic nitrogens is 1. The number of hydrogen-bond donors (Lipinski definition) is 1. The molecule has 0 fully saturated rings. The molecule has 0 saturated heterocycles. The van der Waals surface area contributed by atoms with Gasteiger partial charge in [-0.2, -0.15) is 0 Å². The number of hydrogen-bond acceptors (Lipinski definition) is 3. The normalized spacial score (nSPS) is 11.1. The summed E-state index contributed by atoms with van der Waals surface area (Å²) in [4.78, 5) is 7.19. The first kappa shape index (κ1) is 15.0. The first-order chi connectivity index (χ1) is 8.51. The van der Waals surface area contributed by atoms with Gasteiger partial charge in [-0.25, -0.2) is 4.98 Å². The highest BCUT2D eigenvalue weighted by Crippen LogP contribution is 2.24. The van der Waals surface area contributed by atoms with Gasteiger partial charge in [-0.05, 0) is 52.8 Å². The molecule has 3 nitrogen and oxygen atoms in total. The minimum Gasteiger partial charge on any atom is -0.354 e. The monoisotopic (exact) mass is 249 g/mol. The third-order valence-corrected chi connectivity index (χ3v) is 3.17. The fraction of sp³-hybridized carbons (Fsp3) is 0.667. The minimum atomic E-state index is 0.481. The first-order valence-corrected chi connectivity index (χ1v) is 6.89. The van der Waals surface area contributed by atoms with E-state index in [0.29, 0.717) is 6.04 Å². The number of nitrogens with zero attached hydrogens (tertiary/aromatic N) is 2. The number of rotatable bonds is 6. The molecule has 0 aliphatic heterocycles. The Morgan fingerprint density at radius 3 is 2.50 bits per heavy atom. The summed E-state index contributed by atoms with van der Waals surface area (Å²) in [7, 11) is 1.99. The SMILES string of the molecule is CCCN(c1nc(C)cc(C)c1CNC)C(C)C. The number of aryl methyl sites for hydroxylation is 2. The Kier molecular flexibility index (Phi) is 5.60. The Labute approximate surface area is 112 Å². The van der Waals surface area contributed by atoms with Crippen molar-refractivity contribution in [2.24, 2.45) is 0 Å². The van der Waals surface area contributed by atoms with Gasteiger partial charge in [-0.15, -0.1) is 0 Å². The molecule has 0 radical (unpaired) electrons. The number of pyridine rings is 1. The summed E-state index contributed by atoms with van der Waals surface area (Å²) in [6.45, 7) is 12.9. The molecule has 0 aliphatic carbocycles. The lowest BCUT2D eigenvalue weighted by molar-refractivity contribution is 0.652. The van der Waals surface area contributed by atoms with Gasteiger partial charge in [0.1, 0.15) is 5.82 Å². The van der Waals surface area contributed by atoms with Crippen LogP contribution >= 0.6 is 0 Å². The lowest BCUT2D eigenvalue weighted by atomic mass is 10.1. The summed E-state index contributed by atoms with van der Waals surface area (Å²) in [5.74, 6) is 1.15. The van der Waals surface area contributed by atoms with Gasteiger partial charge in [0, 0.05) is 30.4 Å². The average molecular weight is 249 g/mol. The highest BCUT2D eigenvalue weighted by atomic mass is 15.2. The van der Waals surface area contributed by atoms with Crippen LogP contribution < -0.4 is 10.2 Å². The summed E-state index contributed by atoms with van der Waals surface area (Å²) in [5.41, 5.74) is 3.75. The summed E-state index contributed by atoms with van der Waals surface area (Å²) < 4.78 is 0. The van der Waals surface area contributed by atoms with E-state index < -0.39 is 0 Å². The minimum absolute atomic E-state index is 0.481. The van der Waals surface area contributed by atoms with Gasteiger partial charge in [0.15, 0.2) is 0 Å². The van der Waals surface area contributed by atoms with Crippen molar-refractivity contribution in [1.82, 2.24) is 10.3 Å². The molecule has 0 aliphatic rings. The van der Waals surface area contributed by atoms with Gasteiger partial charge in [-0.1, -0.05) is 6.92 Å². The predicted molar refractivity (Wildman–Crippen MR) is 79.2 cm³/mol. The van der Waals surface area contributed by atoms with E-state index >= 15 is 0 Å². The molecule has 0 unspecified atom stereocenters. The van der Waals surface area contributed by atoms with Crippen LogP contribution in [-0.4, -0.2) is 24.6 Å². The molecule has 102 valence electrons. The maximum atomic E-state index is 4.78. The number of nitrogens with one attached hydrogen (secondary N) is 1. The Hall–Kier alpha value is -1.09. The van der Waals surface area contributed by atoms with E-state index in [1.807, 2.05) is 7.05 Å². The van der Waals surface area contributed by atoms with Gasteiger partial charge in [-0.3, -0.25) is 0 Å². The predicted octanol–water partition coefficient (Wildman–Crippen LogP) is 3.04. The quantitative estimate of drug-likeness (QED) is 0.840. The summed E-state index contributed by atoms with van der Waals surface area (Å²) in [6, 6.07) is 2.65. The molecule has 1 N–H and O–H groups in total. The lowest BCUT2D eigenvalue weighted by Gasteiger charge is -2.30. The van der Waals surface area contributed by atoms with Crippen LogP contribution in [0.15, 0.2) is 6.07 Å². The molecule has 1 rings (SSSR count). The largest absolute Gasteiger partial charge is 0.354 e. The fourth-order valence-electron chi connectivity index (χ4n) is 2.33. The molecule has 1 aromatic heterocycles. The second-order valence-corrected chi connectivity index (χ2v) is 5.20. The van der Waals surface area contributed by atoms with E-state index in [1.54, 1.807) is 0 Å². The molecule has 1 heterocycles. The first-order valence-electron chi connectivity index (χ1n) is 6.89. The zero-order valence-corrected chi connectivity index (χ0v) is 12.7. The molecule has 0 atom stereocenters. The van der Waals surface area contributed by atoms with Gasteiger partial charge in [0.25, 0.3) is 0 Å². The smallest absolute Gasteiger partial charge is 0.133 e. The van der Waals surface area contributed by atoms with Crippen LogP contribution in [0.5, 0.6) is 0 Å². The van der Waals surface area contributed by atoms with Crippen LogP contribution in [0.3, 0.4) is 0 Å².